The molecule has 2 nitrogen and oxygen atoms in total. The molecule has 0 fully saturated rings. The first-order valence-corrected chi connectivity index (χ1v) is 6.40. The van der Waals surface area contributed by atoms with E-state index in [1.54, 1.807) is 0 Å². The number of Topliss-reactive ketones (excluding diaryl/α,β-unsaturated/α-hetero) is 1. The van der Waals surface area contributed by atoms with Gasteiger partial charge in [0.2, 0.25) is 0 Å². The first kappa shape index (κ1) is 16.1. The summed E-state index contributed by atoms with van der Waals surface area (Å²) in [6.07, 6.45) is 0. The Morgan fingerprint density at radius 1 is 1.05 bits per heavy atom. The SMILES string of the molecule is O=C1C(F)=C(Nc2c(Cl)cccc2Cl)C(F)=C(F)C1(F)Cl. The average molecular weight is 361 g/mol. The van der Waals surface area contributed by atoms with Crippen molar-refractivity contribution in [1.82, 2.24) is 0 Å². The molecule has 0 saturated heterocycles. The highest BCUT2D eigenvalue weighted by Gasteiger charge is 2.51. The third-order valence-electron chi connectivity index (χ3n) is 2.60. The normalized spacial score (nSPS) is 22.9. The topological polar surface area (TPSA) is 29.1 Å². The molecular weight excluding hydrogens is 356 g/mol. The smallest absolute Gasteiger partial charge is 0.302 e. The molecule has 2 rings (SSSR count). The number of halogens is 7. The van der Waals surface area contributed by atoms with Crippen LogP contribution in [0.1, 0.15) is 0 Å². The van der Waals surface area contributed by atoms with E-state index < -0.39 is 34.1 Å². The van der Waals surface area contributed by atoms with Crippen LogP contribution in [0.4, 0.5) is 23.2 Å². The van der Waals surface area contributed by atoms with Crippen LogP contribution in [0.3, 0.4) is 0 Å². The standard InChI is InChI=1S/C12H4Cl3F4NO/c13-4-2-1-3-5(14)8(4)20-9-6(16)10(18)12(15,19)11(21)7(9)17/h1-3,20H. The van der Waals surface area contributed by atoms with E-state index >= 15 is 0 Å². The Bertz CT molecular complexity index is 679. The van der Waals surface area contributed by atoms with Gasteiger partial charge in [-0.15, -0.1) is 0 Å². The highest BCUT2D eigenvalue weighted by molar-refractivity contribution is 6.40. The van der Waals surface area contributed by atoms with E-state index in [4.69, 9.17) is 34.8 Å². The lowest BCUT2D eigenvalue weighted by atomic mass is 10.0. The predicted molar refractivity (Wildman–Crippen MR) is 72.2 cm³/mol. The highest BCUT2D eigenvalue weighted by atomic mass is 35.5. The second kappa shape index (κ2) is 5.51. The summed E-state index contributed by atoms with van der Waals surface area (Å²) in [4.78, 5) is 11.3. The summed E-state index contributed by atoms with van der Waals surface area (Å²) < 4.78 is 54.2. The summed E-state index contributed by atoms with van der Waals surface area (Å²) in [5.74, 6) is -8.21. The van der Waals surface area contributed by atoms with Gasteiger partial charge in [-0.3, -0.25) is 4.79 Å². The molecule has 1 aliphatic rings. The summed E-state index contributed by atoms with van der Waals surface area (Å²) in [5.41, 5.74) is -1.41. The van der Waals surface area contributed by atoms with Gasteiger partial charge in [0.1, 0.15) is 5.70 Å². The molecule has 0 radical (unpaired) electrons. The maximum atomic E-state index is 13.7. The van der Waals surface area contributed by atoms with Crippen LogP contribution >= 0.6 is 34.8 Å². The second-order valence-electron chi connectivity index (χ2n) is 3.94. The molecule has 0 aliphatic heterocycles. The van der Waals surface area contributed by atoms with Crippen molar-refractivity contribution in [3.63, 3.8) is 0 Å². The molecule has 0 aromatic heterocycles. The summed E-state index contributed by atoms with van der Waals surface area (Å²) >= 11 is 16.4. The number of para-hydroxylation sites is 1. The summed E-state index contributed by atoms with van der Waals surface area (Å²) in [6.45, 7) is 0. The minimum atomic E-state index is -3.91. The maximum Gasteiger partial charge on any atom is 0.302 e. The number of carbonyl (C=O) groups excluding carboxylic acids is 1. The van der Waals surface area contributed by atoms with Crippen LogP contribution < -0.4 is 5.32 Å². The van der Waals surface area contributed by atoms with Crippen molar-refractivity contribution in [2.24, 2.45) is 0 Å². The third kappa shape index (κ3) is 2.63. The molecule has 0 amide bonds. The monoisotopic (exact) mass is 359 g/mol. The fraction of sp³-hybridized carbons (Fsp3) is 0.0833. The van der Waals surface area contributed by atoms with Crippen molar-refractivity contribution >= 4 is 46.3 Å². The third-order valence-corrected chi connectivity index (χ3v) is 3.57. The molecule has 9 heteroatoms. The van der Waals surface area contributed by atoms with Crippen molar-refractivity contribution in [3.05, 3.63) is 51.4 Å². The number of ketones is 1. The Balaban J connectivity index is 2.54. The van der Waals surface area contributed by atoms with E-state index in [0.717, 1.165) is 0 Å². The van der Waals surface area contributed by atoms with Crippen molar-refractivity contribution in [2.45, 2.75) is 5.13 Å². The molecule has 0 heterocycles. The molecule has 112 valence electrons. The molecular formula is C12H4Cl3F4NO. The number of allylic oxidation sites excluding steroid dienone is 3. The molecule has 0 saturated carbocycles. The van der Waals surface area contributed by atoms with Crippen LogP contribution in [0.25, 0.3) is 0 Å². The van der Waals surface area contributed by atoms with Crippen LogP contribution in [0, 0.1) is 0 Å². The van der Waals surface area contributed by atoms with Gasteiger partial charge in [-0.25, -0.2) is 17.6 Å². The zero-order chi connectivity index (χ0) is 15.9. The largest absolute Gasteiger partial charge is 0.348 e. The zero-order valence-corrected chi connectivity index (χ0v) is 12.1. The molecule has 1 aromatic rings. The zero-order valence-electron chi connectivity index (χ0n) is 9.79. The van der Waals surface area contributed by atoms with Gasteiger partial charge in [-0.2, -0.15) is 0 Å². The van der Waals surface area contributed by atoms with E-state index in [1.165, 1.54) is 18.2 Å². The molecule has 21 heavy (non-hydrogen) atoms. The Hall–Kier alpha value is -1.24. The van der Waals surface area contributed by atoms with E-state index in [-0.39, 0.29) is 15.7 Å². The van der Waals surface area contributed by atoms with Gasteiger partial charge in [-0.1, -0.05) is 40.9 Å². The number of alkyl halides is 2. The van der Waals surface area contributed by atoms with Gasteiger partial charge in [0.25, 0.3) is 5.78 Å². The molecule has 1 aromatic carbocycles. The summed E-state index contributed by atoms with van der Waals surface area (Å²) in [5, 5.41) is -1.98. The van der Waals surface area contributed by atoms with Crippen LogP contribution in [0.5, 0.6) is 0 Å². The number of anilines is 1. The summed E-state index contributed by atoms with van der Waals surface area (Å²) in [7, 11) is 0. The Labute approximate surface area is 131 Å². The number of hydrogen-bond acceptors (Lipinski definition) is 2. The van der Waals surface area contributed by atoms with Gasteiger partial charge in [0.15, 0.2) is 17.5 Å². The van der Waals surface area contributed by atoms with Crippen molar-refractivity contribution in [2.75, 3.05) is 5.32 Å². The van der Waals surface area contributed by atoms with Gasteiger partial charge < -0.3 is 5.32 Å². The molecule has 1 aliphatic carbocycles. The molecule has 1 unspecified atom stereocenters. The van der Waals surface area contributed by atoms with Crippen molar-refractivity contribution in [3.8, 4) is 0 Å². The van der Waals surface area contributed by atoms with E-state index in [1.807, 2.05) is 5.32 Å². The lowest BCUT2D eigenvalue weighted by Crippen LogP contribution is -2.34. The molecule has 0 spiro atoms. The molecule has 1 N–H and O–H groups in total. The molecule has 0 bridgehead atoms. The minimum absolute atomic E-state index is 0.0496. The van der Waals surface area contributed by atoms with Gasteiger partial charge in [0.05, 0.1) is 15.7 Å². The van der Waals surface area contributed by atoms with Gasteiger partial charge in [-0.05, 0) is 12.1 Å². The van der Waals surface area contributed by atoms with Crippen LogP contribution in [-0.2, 0) is 4.79 Å². The highest BCUT2D eigenvalue weighted by Crippen LogP contribution is 2.43. The first-order valence-electron chi connectivity index (χ1n) is 5.27. The van der Waals surface area contributed by atoms with Crippen LogP contribution in [0.15, 0.2) is 41.4 Å². The fourth-order valence-electron chi connectivity index (χ4n) is 1.55. The number of hydrogen-bond donors (Lipinski definition) is 1. The predicted octanol–water partition coefficient (Wildman–Crippen LogP) is 5.22. The minimum Gasteiger partial charge on any atom is -0.348 e. The van der Waals surface area contributed by atoms with Crippen molar-refractivity contribution in [1.29, 1.82) is 0 Å². The van der Waals surface area contributed by atoms with E-state index in [2.05, 4.69) is 0 Å². The average Bonchev–Trinajstić information content (AvgIpc) is 2.42. The number of benzene rings is 1. The van der Waals surface area contributed by atoms with Crippen LogP contribution in [0.2, 0.25) is 10.0 Å². The van der Waals surface area contributed by atoms with E-state index in [0.29, 0.717) is 0 Å². The lowest BCUT2D eigenvalue weighted by Gasteiger charge is -2.22. The number of carbonyl (C=O) groups is 1. The fourth-order valence-corrected chi connectivity index (χ4v) is 2.20. The van der Waals surface area contributed by atoms with Gasteiger partial charge in [0, 0.05) is 0 Å². The van der Waals surface area contributed by atoms with Crippen molar-refractivity contribution < 1.29 is 22.4 Å². The lowest BCUT2D eigenvalue weighted by molar-refractivity contribution is -0.123. The maximum absolute atomic E-state index is 13.7. The van der Waals surface area contributed by atoms with E-state index in [9.17, 15) is 22.4 Å². The summed E-state index contributed by atoms with van der Waals surface area (Å²) in [6, 6.07) is 4.11. The second-order valence-corrected chi connectivity index (χ2v) is 5.28. The number of rotatable bonds is 2. The Morgan fingerprint density at radius 2 is 1.57 bits per heavy atom. The number of nitrogens with one attached hydrogen (secondary N) is 1. The van der Waals surface area contributed by atoms with Gasteiger partial charge >= 0.3 is 5.13 Å². The Morgan fingerprint density at radius 3 is 2.10 bits per heavy atom. The van der Waals surface area contributed by atoms with Crippen LogP contribution in [-0.4, -0.2) is 10.9 Å². The first-order chi connectivity index (χ1) is 9.67. The Kier molecular flexibility index (Phi) is 4.24. The molecule has 1 atom stereocenters. The quantitative estimate of drug-likeness (QED) is 0.578.